The van der Waals surface area contributed by atoms with Crippen molar-refractivity contribution >= 4 is 32.3 Å². The number of benzene rings is 1. The van der Waals surface area contributed by atoms with Crippen LogP contribution >= 0.6 is 0 Å². The molecule has 0 amide bonds. The van der Waals surface area contributed by atoms with Gasteiger partial charge in [0, 0.05) is 30.3 Å². The van der Waals surface area contributed by atoms with E-state index < -0.39 is 9.73 Å². The first-order valence-electron chi connectivity index (χ1n) is 9.62. The first-order valence-corrected chi connectivity index (χ1v) is 9.47. The lowest BCUT2D eigenvalue weighted by molar-refractivity contribution is 0.681. The lowest BCUT2D eigenvalue weighted by atomic mass is 10.1. The second-order valence-electron chi connectivity index (χ2n) is 5.81. The lowest BCUT2D eigenvalue weighted by Crippen LogP contribution is -1.99. The van der Waals surface area contributed by atoms with Crippen LogP contribution in [0.4, 0.5) is 11.5 Å². The Hall–Kier alpha value is -2.41. The molecule has 0 saturated carbocycles. The van der Waals surface area contributed by atoms with Crippen molar-refractivity contribution in [1.29, 1.82) is 0 Å². The Bertz CT molecular complexity index is 1210. The van der Waals surface area contributed by atoms with Gasteiger partial charge < -0.3 is 10.3 Å². The minimum absolute atomic E-state index is 0.0995. The maximum atomic E-state index is 12.8. The number of aromatic nitrogens is 3. The number of aryl methyl sites for hydroxylation is 1. The van der Waals surface area contributed by atoms with E-state index in [2.05, 4.69) is 14.3 Å². The summed E-state index contributed by atoms with van der Waals surface area (Å²) in [7, 11) is -0.773. The van der Waals surface area contributed by atoms with Gasteiger partial charge in [-0.3, -0.25) is 0 Å². The molecule has 7 heteroatoms. The molecule has 1 aliphatic rings. The molecule has 2 aromatic heterocycles. The molecule has 0 spiro atoms. The third-order valence-electron chi connectivity index (χ3n) is 4.10. The minimum Gasteiger partial charge on any atom is -0.383 e. The Balaban J connectivity index is 2.03. The van der Waals surface area contributed by atoms with Gasteiger partial charge >= 0.3 is 0 Å². The van der Waals surface area contributed by atoms with Crippen molar-refractivity contribution in [3.05, 3.63) is 36.7 Å². The molecule has 1 aromatic carbocycles. The van der Waals surface area contributed by atoms with E-state index in [1.165, 1.54) is 6.33 Å². The highest BCUT2D eigenvalue weighted by Gasteiger charge is 2.17. The number of fused-ring (bicyclic) bond motifs is 1. The highest BCUT2D eigenvalue weighted by Crippen LogP contribution is 2.33. The molecule has 2 N–H and O–H groups in total. The Morgan fingerprint density at radius 3 is 2.67 bits per heavy atom. The molecule has 0 atom stereocenters. The summed E-state index contributed by atoms with van der Waals surface area (Å²) in [5.74, 6) is 1.04. The standard InChI is InChI=1S/C17H19N5OS/c1-22-10-14(15-16(18)19-11-20-17(15)22)12-4-6-13(7-5-12)21-24(23)8-2-3-9-24/h4-7,10-11H,2-3,8-9H2,1H3,(H2,18,19,20)/i4D,5D,6D,7D. The van der Waals surface area contributed by atoms with Crippen molar-refractivity contribution in [2.45, 2.75) is 12.8 Å². The smallest absolute Gasteiger partial charge is 0.145 e. The first-order chi connectivity index (χ1) is 13.2. The predicted octanol–water partition coefficient (Wildman–Crippen LogP) is 3.11. The number of nitrogen functional groups attached to an aromatic ring is 1. The van der Waals surface area contributed by atoms with E-state index in [-0.39, 0.29) is 41.2 Å². The van der Waals surface area contributed by atoms with Crippen LogP contribution in [0.15, 0.2) is 41.1 Å². The minimum atomic E-state index is -2.53. The van der Waals surface area contributed by atoms with E-state index in [0.29, 0.717) is 28.1 Å². The zero-order valence-corrected chi connectivity index (χ0v) is 14.0. The third-order valence-corrected chi connectivity index (χ3v) is 6.47. The molecule has 1 saturated heterocycles. The summed E-state index contributed by atoms with van der Waals surface area (Å²) in [6.07, 6.45) is 4.57. The van der Waals surface area contributed by atoms with Gasteiger partial charge in [-0.1, -0.05) is 12.1 Å². The maximum Gasteiger partial charge on any atom is 0.145 e. The summed E-state index contributed by atoms with van der Waals surface area (Å²) in [5.41, 5.74) is 6.91. The topological polar surface area (TPSA) is 86.2 Å². The number of nitrogens with two attached hydrogens (primary N) is 1. The fourth-order valence-electron chi connectivity index (χ4n) is 2.93. The van der Waals surface area contributed by atoms with Gasteiger partial charge in [-0.15, -0.1) is 0 Å². The van der Waals surface area contributed by atoms with Gasteiger partial charge in [-0.25, -0.2) is 14.2 Å². The summed E-state index contributed by atoms with van der Waals surface area (Å²) in [5, 5.41) is 0.470. The van der Waals surface area contributed by atoms with Crippen LogP contribution in [0.3, 0.4) is 0 Å². The molecule has 4 rings (SSSR count). The number of nitrogens with zero attached hydrogens (tertiary/aromatic N) is 4. The SMILES string of the molecule is [2H]c1c([2H])c(-c2cn(C)c3ncnc(N)c23)c([2H])c([2H])c1N=S1(=O)CCCC1. The van der Waals surface area contributed by atoms with Gasteiger partial charge in [-0.2, -0.15) is 4.36 Å². The summed E-state index contributed by atoms with van der Waals surface area (Å²) >= 11 is 0. The van der Waals surface area contributed by atoms with Crippen LogP contribution in [0.1, 0.15) is 18.3 Å². The molecule has 3 heterocycles. The molecule has 124 valence electrons. The van der Waals surface area contributed by atoms with Gasteiger partial charge in [0.2, 0.25) is 0 Å². The number of rotatable bonds is 2. The lowest BCUT2D eigenvalue weighted by Gasteiger charge is -2.03. The average Bonchev–Trinajstić information content (AvgIpc) is 3.23. The van der Waals surface area contributed by atoms with Crippen molar-refractivity contribution in [3.63, 3.8) is 0 Å². The Morgan fingerprint density at radius 1 is 1.25 bits per heavy atom. The van der Waals surface area contributed by atoms with Gasteiger partial charge in [0.25, 0.3) is 0 Å². The maximum absolute atomic E-state index is 12.8. The van der Waals surface area contributed by atoms with E-state index >= 15 is 0 Å². The third kappa shape index (κ3) is 2.54. The van der Waals surface area contributed by atoms with Crippen LogP contribution in [-0.2, 0) is 16.8 Å². The molecule has 0 bridgehead atoms. The number of anilines is 1. The highest BCUT2D eigenvalue weighted by molar-refractivity contribution is 7.93. The molecular formula is C17H19N5OS. The summed E-state index contributed by atoms with van der Waals surface area (Å²) in [4.78, 5) is 8.17. The van der Waals surface area contributed by atoms with Crippen molar-refractivity contribution in [1.82, 2.24) is 14.5 Å². The van der Waals surface area contributed by atoms with Crippen LogP contribution in [0.2, 0.25) is 0 Å². The van der Waals surface area contributed by atoms with E-state index in [1.54, 1.807) is 17.8 Å². The first kappa shape index (κ1) is 11.2. The summed E-state index contributed by atoms with van der Waals surface area (Å²) < 4.78 is 52.3. The molecule has 6 nitrogen and oxygen atoms in total. The number of hydrogen-bond acceptors (Lipinski definition) is 5. The molecule has 3 aromatic rings. The zero-order chi connectivity index (χ0) is 20.2. The highest BCUT2D eigenvalue weighted by atomic mass is 32.2. The van der Waals surface area contributed by atoms with Gasteiger partial charge in [0.15, 0.2) is 0 Å². The van der Waals surface area contributed by atoms with E-state index in [1.807, 2.05) is 0 Å². The summed E-state index contributed by atoms with van der Waals surface area (Å²) in [6, 6.07) is -1.12. The molecule has 0 aliphatic carbocycles. The Labute approximate surface area is 146 Å². The van der Waals surface area contributed by atoms with Gasteiger partial charge in [0.1, 0.15) is 17.8 Å². The Kier molecular flexibility index (Phi) is 2.61. The fourth-order valence-corrected chi connectivity index (χ4v) is 5.05. The van der Waals surface area contributed by atoms with Crippen LogP contribution in [0.25, 0.3) is 22.2 Å². The predicted molar refractivity (Wildman–Crippen MR) is 97.6 cm³/mol. The van der Waals surface area contributed by atoms with Crippen LogP contribution in [-0.4, -0.2) is 30.2 Å². The normalized spacial score (nSPS) is 18.9. The van der Waals surface area contributed by atoms with Crippen LogP contribution in [0, 0.1) is 0 Å². The van der Waals surface area contributed by atoms with Crippen LogP contribution in [0.5, 0.6) is 0 Å². The average molecular weight is 345 g/mol. The van der Waals surface area contributed by atoms with E-state index in [0.717, 1.165) is 12.8 Å². The molecule has 1 aliphatic heterocycles. The van der Waals surface area contributed by atoms with Crippen molar-refractivity contribution in [3.8, 4) is 11.1 Å². The molecule has 1 fully saturated rings. The molecular weight excluding hydrogens is 322 g/mol. The van der Waals surface area contributed by atoms with Crippen molar-refractivity contribution < 1.29 is 9.69 Å². The van der Waals surface area contributed by atoms with E-state index in [9.17, 15) is 4.21 Å². The monoisotopic (exact) mass is 345 g/mol. The zero-order valence-electron chi connectivity index (χ0n) is 17.2. The molecule has 0 unspecified atom stereocenters. The Morgan fingerprint density at radius 2 is 1.96 bits per heavy atom. The number of hydrogen-bond donors (Lipinski definition) is 1. The second kappa shape index (κ2) is 5.59. The fraction of sp³-hybridized carbons (Fsp3) is 0.294. The largest absolute Gasteiger partial charge is 0.383 e. The van der Waals surface area contributed by atoms with Crippen LogP contribution < -0.4 is 5.73 Å². The van der Waals surface area contributed by atoms with Crippen molar-refractivity contribution in [2.75, 3.05) is 17.2 Å². The second-order valence-corrected chi connectivity index (χ2v) is 8.36. The van der Waals surface area contributed by atoms with E-state index in [4.69, 9.17) is 11.2 Å². The van der Waals surface area contributed by atoms with Crippen molar-refractivity contribution in [2.24, 2.45) is 11.4 Å². The molecule has 24 heavy (non-hydrogen) atoms. The summed E-state index contributed by atoms with van der Waals surface area (Å²) in [6.45, 7) is 0. The quantitative estimate of drug-likeness (QED) is 0.773. The molecule has 0 radical (unpaired) electrons. The van der Waals surface area contributed by atoms with Gasteiger partial charge in [0.05, 0.1) is 26.3 Å². The van der Waals surface area contributed by atoms with Gasteiger partial charge in [-0.05, 0) is 30.5 Å².